The van der Waals surface area contributed by atoms with E-state index in [1.54, 1.807) is 28.6 Å². The molecule has 1 saturated carbocycles. The van der Waals surface area contributed by atoms with Crippen LogP contribution in [0.25, 0.3) is 0 Å². The Kier molecular flexibility index (Phi) is 7.59. The van der Waals surface area contributed by atoms with Gasteiger partial charge in [-0.3, -0.25) is 4.90 Å². The van der Waals surface area contributed by atoms with E-state index in [-0.39, 0.29) is 5.96 Å². The monoisotopic (exact) mass is 448 g/mol. The lowest BCUT2D eigenvalue weighted by atomic mass is 9.87. The Morgan fingerprint density at radius 3 is 2.13 bits per heavy atom. The van der Waals surface area contributed by atoms with Crippen LogP contribution in [0.4, 0.5) is 5.69 Å². The normalized spacial score (nSPS) is 18.9. The third kappa shape index (κ3) is 5.03. The fraction of sp³-hybridized carbons (Fsp3) is 0.636. The first-order valence-corrected chi connectivity index (χ1v) is 12.9. The highest BCUT2D eigenvalue weighted by Crippen LogP contribution is 2.39. The van der Waals surface area contributed by atoms with Gasteiger partial charge in [0.15, 0.2) is 0 Å². The lowest BCUT2D eigenvalue weighted by Crippen LogP contribution is -2.58. The summed E-state index contributed by atoms with van der Waals surface area (Å²) in [6.07, 6.45) is 8.52. The minimum absolute atomic E-state index is 0.206. The van der Waals surface area contributed by atoms with Crippen molar-refractivity contribution >= 4 is 27.6 Å². The molecule has 1 spiro atoms. The molecule has 0 saturated heterocycles. The van der Waals surface area contributed by atoms with Crippen molar-refractivity contribution in [2.45, 2.75) is 82.2 Å². The fourth-order valence-electron chi connectivity index (χ4n) is 4.43. The predicted octanol–water partition coefficient (Wildman–Crippen LogP) is 3.39. The number of nitrogens with zero attached hydrogens (tertiary/aromatic N) is 4. The second-order valence-electron chi connectivity index (χ2n) is 8.42. The van der Waals surface area contributed by atoms with Crippen LogP contribution >= 0.6 is 0 Å². The first kappa shape index (κ1) is 23.5. The van der Waals surface area contributed by atoms with Crippen molar-refractivity contribution in [1.82, 2.24) is 4.31 Å². The van der Waals surface area contributed by atoms with E-state index in [1.165, 1.54) is 0 Å². The summed E-state index contributed by atoms with van der Waals surface area (Å²) < 4.78 is 28.1. The summed E-state index contributed by atoms with van der Waals surface area (Å²) in [4.78, 5) is 11.1. The Morgan fingerprint density at radius 2 is 1.58 bits per heavy atom. The first-order valence-electron chi connectivity index (χ1n) is 11.4. The minimum Gasteiger partial charge on any atom is -0.369 e. The van der Waals surface area contributed by atoms with Crippen molar-refractivity contribution in [2.75, 3.05) is 18.0 Å². The molecule has 9 heteroatoms. The molecule has 1 aliphatic carbocycles. The zero-order valence-electron chi connectivity index (χ0n) is 18.8. The Morgan fingerprint density at radius 1 is 1.00 bits per heavy atom. The van der Waals surface area contributed by atoms with Crippen LogP contribution in [-0.2, 0) is 10.0 Å². The average molecular weight is 449 g/mol. The van der Waals surface area contributed by atoms with Crippen molar-refractivity contribution in [2.24, 2.45) is 21.5 Å². The smallest absolute Gasteiger partial charge is 0.243 e. The molecule has 1 fully saturated rings. The quantitative estimate of drug-likeness (QED) is 0.600. The van der Waals surface area contributed by atoms with Gasteiger partial charge in [-0.15, -0.1) is 0 Å². The van der Waals surface area contributed by atoms with E-state index in [1.807, 2.05) is 4.90 Å². The van der Waals surface area contributed by atoms with Crippen molar-refractivity contribution in [3.05, 3.63) is 24.3 Å². The number of anilines is 1. The first-order chi connectivity index (χ1) is 14.8. The van der Waals surface area contributed by atoms with Gasteiger partial charge in [-0.05, 0) is 62.8 Å². The molecule has 1 aromatic carbocycles. The van der Waals surface area contributed by atoms with Gasteiger partial charge in [0.2, 0.25) is 21.9 Å². The number of sulfonamides is 1. The molecule has 2 aliphatic rings. The van der Waals surface area contributed by atoms with Crippen LogP contribution in [0.15, 0.2) is 39.1 Å². The highest BCUT2D eigenvalue weighted by atomic mass is 32.2. The molecule has 4 N–H and O–H groups in total. The van der Waals surface area contributed by atoms with Crippen LogP contribution in [0.2, 0.25) is 0 Å². The second kappa shape index (κ2) is 9.99. The van der Waals surface area contributed by atoms with Gasteiger partial charge in [0, 0.05) is 18.8 Å². The maximum atomic E-state index is 13.3. The van der Waals surface area contributed by atoms with E-state index in [4.69, 9.17) is 11.5 Å². The van der Waals surface area contributed by atoms with Gasteiger partial charge in [0.25, 0.3) is 0 Å². The van der Waals surface area contributed by atoms with Gasteiger partial charge in [0.05, 0.1) is 4.90 Å². The van der Waals surface area contributed by atoms with Gasteiger partial charge in [-0.25, -0.2) is 13.4 Å². The van der Waals surface area contributed by atoms with E-state index >= 15 is 0 Å². The Hall–Kier alpha value is -2.13. The van der Waals surface area contributed by atoms with Crippen LogP contribution in [0, 0.1) is 0 Å². The summed E-state index contributed by atoms with van der Waals surface area (Å²) in [6, 6.07) is 6.95. The Bertz CT molecular complexity index is 896. The minimum atomic E-state index is -3.54. The van der Waals surface area contributed by atoms with E-state index in [9.17, 15) is 8.42 Å². The van der Waals surface area contributed by atoms with Crippen LogP contribution in [0.5, 0.6) is 0 Å². The van der Waals surface area contributed by atoms with E-state index in [0.717, 1.165) is 63.5 Å². The molecule has 1 aromatic rings. The highest BCUT2D eigenvalue weighted by molar-refractivity contribution is 7.89. The van der Waals surface area contributed by atoms with Crippen molar-refractivity contribution in [1.29, 1.82) is 0 Å². The SMILES string of the molecule is CCCCN(CCCC)S(=O)(=O)c1ccc(N2C(N)=NC(N)=NC23CCCCC3)cc1. The molecule has 31 heavy (non-hydrogen) atoms. The summed E-state index contributed by atoms with van der Waals surface area (Å²) in [5, 5.41) is 0. The van der Waals surface area contributed by atoms with Crippen LogP contribution in [0.1, 0.15) is 71.6 Å². The highest BCUT2D eigenvalue weighted by Gasteiger charge is 2.42. The molecule has 1 aliphatic heterocycles. The topological polar surface area (TPSA) is 117 Å². The number of benzene rings is 1. The molecule has 0 amide bonds. The molecule has 0 unspecified atom stereocenters. The molecule has 0 radical (unpaired) electrons. The molecule has 3 rings (SSSR count). The standard InChI is InChI=1S/C22H36N6O2S/c1-3-5-16-27(17-6-4-2)31(29,30)19-12-10-18(11-13-19)28-21(24)25-20(23)26-22(28)14-8-7-9-15-22/h10-13H,3-9,14-17H2,1-2H3,(H4,23,24,25,26). The van der Waals surface area contributed by atoms with E-state index in [0.29, 0.717) is 23.9 Å². The molecular formula is C22H36N6O2S. The number of rotatable bonds is 9. The van der Waals surface area contributed by atoms with Crippen molar-refractivity contribution < 1.29 is 8.42 Å². The summed E-state index contributed by atoms with van der Waals surface area (Å²) in [5.74, 6) is 0.509. The fourth-order valence-corrected chi connectivity index (χ4v) is 5.95. The maximum Gasteiger partial charge on any atom is 0.243 e. The van der Waals surface area contributed by atoms with Gasteiger partial charge < -0.3 is 11.5 Å². The number of unbranched alkanes of at least 4 members (excludes halogenated alkanes) is 2. The summed E-state index contributed by atoms with van der Waals surface area (Å²) in [7, 11) is -3.54. The van der Waals surface area contributed by atoms with Crippen LogP contribution < -0.4 is 16.4 Å². The molecule has 8 nitrogen and oxygen atoms in total. The maximum absolute atomic E-state index is 13.3. The second-order valence-corrected chi connectivity index (χ2v) is 10.4. The summed E-state index contributed by atoms with van der Waals surface area (Å²) >= 11 is 0. The van der Waals surface area contributed by atoms with Gasteiger partial charge in [-0.1, -0.05) is 33.1 Å². The molecule has 0 aromatic heterocycles. The van der Waals surface area contributed by atoms with Crippen LogP contribution in [-0.4, -0.2) is 43.4 Å². The molecule has 1 heterocycles. The zero-order chi connectivity index (χ0) is 22.5. The number of hydrogen-bond acceptors (Lipinski definition) is 7. The van der Waals surface area contributed by atoms with E-state index < -0.39 is 15.7 Å². The predicted molar refractivity (Wildman–Crippen MR) is 127 cm³/mol. The zero-order valence-corrected chi connectivity index (χ0v) is 19.6. The number of hydrogen-bond donors (Lipinski definition) is 2. The van der Waals surface area contributed by atoms with E-state index in [2.05, 4.69) is 23.8 Å². The Balaban J connectivity index is 1.89. The number of nitrogens with two attached hydrogens (primary N) is 2. The lowest BCUT2D eigenvalue weighted by Gasteiger charge is -2.45. The van der Waals surface area contributed by atoms with Gasteiger partial charge in [-0.2, -0.15) is 9.30 Å². The summed E-state index contributed by atoms with van der Waals surface area (Å²) in [5.41, 5.74) is 12.5. The molecular weight excluding hydrogens is 412 g/mol. The number of guanidine groups is 2. The Labute approximate surface area is 186 Å². The van der Waals surface area contributed by atoms with Gasteiger partial charge in [0.1, 0.15) is 5.66 Å². The van der Waals surface area contributed by atoms with Crippen molar-refractivity contribution in [3.8, 4) is 0 Å². The average Bonchev–Trinajstić information content (AvgIpc) is 2.74. The lowest BCUT2D eigenvalue weighted by molar-refractivity contribution is 0.305. The molecule has 0 atom stereocenters. The summed E-state index contributed by atoms with van der Waals surface area (Å²) in [6.45, 7) is 5.23. The van der Waals surface area contributed by atoms with Crippen molar-refractivity contribution in [3.63, 3.8) is 0 Å². The van der Waals surface area contributed by atoms with Gasteiger partial charge >= 0.3 is 0 Å². The molecule has 0 bridgehead atoms. The largest absolute Gasteiger partial charge is 0.369 e. The number of aliphatic imine (C=N–C) groups is 2. The third-order valence-corrected chi connectivity index (χ3v) is 8.02. The van der Waals surface area contributed by atoms with Crippen LogP contribution in [0.3, 0.4) is 0 Å². The third-order valence-electron chi connectivity index (χ3n) is 6.11. The molecule has 172 valence electrons.